The molecule has 0 saturated carbocycles. The van der Waals surface area contributed by atoms with Crippen LogP contribution < -0.4 is 0 Å². The van der Waals surface area contributed by atoms with Crippen LogP contribution in [-0.4, -0.2) is 13.1 Å². The van der Waals surface area contributed by atoms with E-state index in [9.17, 15) is 4.79 Å². The van der Waals surface area contributed by atoms with Crippen LogP contribution in [0.3, 0.4) is 0 Å². The molecule has 0 spiro atoms. The summed E-state index contributed by atoms with van der Waals surface area (Å²) in [6.45, 7) is 0. The fraction of sp³-hybridized carbons (Fsp3) is 0.769. The van der Waals surface area contributed by atoms with Gasteiger partial charge in [-0.15, -0.1) is 12.3 Å². The Hall–Kier alpha value is -0.970. The maximum atomic E-state index is 10.8. The van der Waals surface area contributed by atoms with Gasteiger partial charge in [0.15, 0.2) is 0 Å². The number of unbranched alkanes of at least 4 members (excludes halogenated alkanes) is 7. The Labute approximate surface area is 93.4 Å². The second-order valence-electron chi connectivity index (χ2n) is 3.76. The van der Waals surface area contributed by atoms with Gasteiger partial charge in [0.2, 0.25) is 0 Å². The molecule has 2 heteroatoms. The fourth-order valence-electron chi connectivity index (χ4n) is 1.48. The molecule has 0 N–H and O–H groups in total. The van der Waals surface area contributed by atoms with E-state index in [2.05, 4.69) is 10.7 Å². The van der Waals surface area contributed by atoms with Crippen LogP contribution in [0.15, 0.2) is 0 Å². The van der Waals surface area contributed by atoms with Crippen molar-refractivity contribution in [2.24, 2.45) is 0 Å². The molecule has 2 nitrogen and oxygen atoms in total. The zero-order chi connectivity index (χ0) is 11.4. The highest BCUT2D eigenvalue weighted by Crippen LogP contribution is 2.09. The maximum absolute atomic E-state index is 10.8. The predicted molar refractivity (Wildman–Crippen MR) is 62.4 cm³/mol. The van der Waals surface area contributed by atoms with Crippen LogP contribution in [0.25, 0.3) is 0 Å². The Morgan fingerprint density at radius 1 is 1.07 bits per heavy atom. The van der Waals surface area contributed by atoms with Crippen LogP contribution in [0.1, 0.15) is 57.8 Å². The summed E-state index contributed by atoms with van der Waals surface area (Å²) < 4.78 is 4.56. The van der Waals surface area contributed by atoms with Crippen LogP contribution in [-0.2, 0) is 9.53 Å². The van der Waals surface area contributed by atoms with Gasteiger partial charge in [0, 0.05) is 12.8 Å². The van der Waals surface area contributed by atoms with Gasteiger partial charge in [-0.2, -0.15) is 0 Å². The lowest BCUT2D eigenvalue weighted by Crippen LogP contribution is -1.99. The smallest absolute Gasteiger partial charge is 0.305 e. The zero-order valence-corrected chi connectivity index (χ0v) is 9.76. The number of carbonyl (C=O) groups excluding carboxylic acids is 1. The molecule has 0 fully saturated rings. The minimum Gasteiger partial charge on any atom is -0.469 e. The van der Waals surface area contributed by atoms with Gasteiger partial charge in [-0.1, -0.05) is 32.1 Å². The van der Waals surface area contributed by atoms with Gasteiger partial charge in [-0.3, -0.25) is 4.79 Å². The molecule has 0 heterocycles. The summed E-state index contributed by atoms with van der Waals surface area (Å²) in [5.41, 5.74) is 0. The average Bonchev–Trinajstić information content (AvgIpc) is 2.26. The molecule has 0 aliphatic rings. The number of terminal acetylenes is 1. The fourth-order valence-corrected chi connectivity index (χ4v) is 1.48. The summed E-state index contributed by atoms with van der Waals surface area (Å²) in [4.78, 5) is 10.8. The number of hydrogen-bond acceptors (Lipinski definition) is 2. The van der Waals surface area contributed by atoms with E-state index in [1.54, 1.807) is 0 Å². The number of esters is 1. The van der Waals surface area contributed by atoms with Gasteiger partial charge in [0.25, 0.3) is 0 Å². The number of rotatable bonds is 9. The topological polar surface area (TPSA) is 26.3 Å². The summed E-state index contributed by atoms with van der Waals surface area (Å²) in [6, 6.07) is 0. The molecule has 86 valence electrons. The normalized spacial score (nSPS) is 9.60. The Bertz CT molecular complexity index is 191. The second-order valence-corrected chi connectivity index (χ2v) is 3.76. The summed E-state index contributed by atoms with van der Waals surface area (Å²) in [5, 5.41) is 0. The minimum absolute atomic E-state index is 0.0935. The van der Waals surface area contributed by atoms with Crippen molar-refractivity contribution in [2.75, 3.05) is 7.11 Å². The Kier molecular flexibility index (Phi) is 10.4. The first kappa shape index (κ1) is 14.0. The highest BCUT2D eigenvalue weighted by atomic mass is 16.5. The predicted octanol–water partition coefficient (Wildman–Crippen LogP) is 3.30. The van der Waals surface area contributed by atoms with Crippen LogP contribution in [0.2, 0.25) is 0 Å². The minimum atomic E-state index is -0.0935. The van der Waals surface area contributed by atoms with E-state index in [1.165, 1.54) is 32.8 Å². The maximum Gasteiger partial charge on any atom is 0.305 e. The molecule has 0 aliphatic carbocycles. The van der Waals surface area contributed by atoms with Crippen molar-refractivity contribution in [3.8, 4) is 12.3 Å². The van der Waals surface area contributed by atoms with Crippen molar-refractivity contribution in [3.63, 3.8) is 0 Å². The van der Waals surface area contributed by atoms with E-state index >= 15 is 0 Å². The first-order chi connectivity index (χ1) is 7.31. The van der Waals surface area contributed by atoms with Crippen LogP contribution in [0.4, 0.5) is 0 Å². The van der Waals surface area contributed by atoms with Crippen LogP contribution in [0.5, 0.6) is 0 Å². The summed E-state index contributed by atoms with van der Waals surface area (Å²) in [6.07, 6.45) is 14.8. The molecule has 0 aromatic heterocycles. The monoisotopic (exact) mass is 210 g/mol. The molecule has 0 aromatic rings. The number of ether oxygens (including phenoxy) is 1. The molecule has 0 amide bonds. The molecular weight excluding hydrogens is 188 g/mol. The quantitative estimate of drug-likeness (QED) is 0.331. The standard InChI is InChI=1S/C13H22O2/c1-3-4-5-6-7-8-9-10-11-12-13(14)15-2/h1H,4-12H2,2H3. The molecule has 0 bridgehead atoms. The van der Waals surface area contributed by atoms with Crippen molar-refractivity contribution in [1.82, 2.24) is 0 Å². The molecule has 0 unspecified atom stereocenters. The van der Waals surface area contributed by atoms with Gasteiger partial charge in [-0.25, -0.2) is 0 Å². The zero-order valence-electron chi connectivity index (χ0n) is 9.76. The molecular formula is C13H22O2. The Morgan fingerprint density at radius 3 is 2.13 bits per heavy atom. The number of carbonyl (C=O) groups is 1. The molecule has 0 aromatic carbocycles. The van der Waals surface area contributed by atoms with Crippen LogP contribution >= 0.6 is 0 Å². The van der Waals surface area contributed by atoms with Gasteiger partial charge >= 0.3 is 5.97 Å². The summed E-state index contributed by atoms with van der Waals surface area (Å²) in [5.74, 6) is 2.55. The molecule has 0 atom stereocenters. The van der Waals surface area contributed by atoms with Gasteiger partial charge in [0.05, 0.1) is 7.11 Å². The lowest BCUT2D eigenvalue weighted by Gasteiger charge is -2.00. The average molecular weight is 210 g/mol. The Balaban J connectivity index is 2.99. The third-order valence-electron chi connectivity index (χ3n) is 2.43. The third kappa shape index (κ3) is 11.0. The van der Waals surface area contributed by atoms with E-state index in [1.807, 2.05) is 0 Å². The summed E-state index contributed by atoms with van der Waals surface area (Å²) in [7, 11) is 1.44. The molecule has 0 aliphatic heterocycles. The van der Waals surface area contributed by atoms with Crippen molar-refractivity contribution >= 4 is 5.97 Å². The van der Waals surface area contributed by atoms with Crippen molar-refractivity contribution < 1.29 is 9.53 Å². The van der Waals surface area contributed by atoms with E-state index in [4.69, 9.17) is 6.42 Å². The second kappa shape index (κ2) is 11.1. The first-order valence-corrected chi connectivity index (χ1v) is 5.81. The van der Waals surface area contributed by atoms with E-state index in [-0.39, 0.29) is 5.97 Å². The summed E-state index contributed by atoms with van der Waals surface area (Å²) >= 11 is 0. The SMILES string of the molecule is C#CCCCCCCCCCC(=O)OC. The van der Waals surface area contributed by atoms with Gasteiger partial charge in [-0.05, 0) is 12.8 Å². The highest BCUT2D eigenvalue weighted by Gasteiger charge is 1.98. The van der Waals surface area contributed by atoms with E-state index < -0.39 is 0 Å². The number of methoxy groups -OCH3 is 1. The highest BCUT2D eigenvalue weighted by molar-refractivity contribution is 5.68. The van der Waals surface area contributed by atoms with Gasteiger partial charge in [0.1, 0.15) is 0 Å². The van der Waals surface area contributed by atoms with Gasteiger partial charge < -0.3 is 4.74 Å². The lowest BCUT2D eigenvalue weighted by molar-refractivity contribution is -0.140. The molecule has 0 rings (SSSR count). The first-order valence-electron chi connectivity index (χ1n) is 5.81. The van der Waals surface area contributed by atoms with E-state index in [0.717, 1.165) is 25.7 Å². The van der Waals surface area contributed by atoms with Crippen molar-refractivity contribution in [3.05, 3.63) is 0 Å². The Morgan fingerprint density at radius 2 is 1.60 bits per heavy atom. The molecule has 0 radical (unpaired) electrons. The largest absolute Gasteiger partial charge is 0.469 e. The van der Waals surface area contributed by atoms with Crippen molar-refractivity contribution in [2.45, 2.75) is 57.8 Å². The lowest BCUT2D eigenvalue weighted by atomic mass is 10.1. The van der Waals surface area contributed by atoms with Crippen LogP contribution in [0, 0.1) is 12.3 Å². The van der Waals surface area contributed by atoms with Crippen molar-refractivity contribution in [1.29, 1.82) is 0 Å². The molecule has 0 saturated heterocycles. The van der Waals surface area contributed by atoms with E-state index in [0.29, 0.717) is 6.42 Å². The number of hydrogen-bond donors (Lipinski definition) is 0. The molecule has 15 heavy (non-hydrogen) atoms. The third-order valence-corrected chi connectivity index (χ3v) is 2.43.